The Hall–Kier alpha value is -0.990. The summed E-state index contributed by atoms with van der Waals surface area (Å²) in [5, 5.41) is 11.2. The minimum Gasteiger partial charge on any atom is -0.315 e. The fourth-order valence-corrected chi connectivity index (χ4v) is 0.545. The van der Waals surface area contributed by atoms with Gasteiger partial charge in [0, 0.05) is 25.9 Å². The Morgan fingerprint density at radius 2 is 2.00 bits per heavy atom. The molecule has 2 nitrogen and oxygen atoms in total. The zero-order chi connectivity index (χ0) is 7.66. The van der Waals surface area contributed by atoms with Crippen molar-refractivity contribution in [1.82, 2.24) is 5.32 Å². The van der Waals surface area contributed by atoms with Crippen LogP contribution in [0.15, 0.2) is 0 Å². The van der Waals surface area contributed by atoms with Gasteiger partial charge in [0.1, 0.15) is 0 Å². The van der Waals surface area contributed by atoms with Crippen LogP contribution in [0, 0.1) is 23.2 Å². The molecule has 0 unspecified atom stereocenters. The first-order chi connectivity index (χ1) is 4.91. The molecule has 0 amide bonds. The molecule has 0 aliphatic rings. The molecule has 0 saturated heterocycles. The van der Waals surface area contributed by atoms with E-state index in [4.69, 9.17) is 5.26 Å². The standard InChI is InChI=1S/C8H12N2/c1-2-3-4-7-10-8-5-6-9/h10H,4-5,7-8H2,1H3. The van der Waals surface area contributed by atoms with E-state index in [9.17, 15) is 0 Å². The van der Waals surface area contributed by atoms with Gasteiger partial charge >= 0.3 is 0 Å². The molecule has 0 aliphatic heterocycles. The average Bonchev–Trinajstić information content (AvgIpc) is 1.97. The highest BCUT2D eigenvalue weighted by atomic mass is 14.8. The Labute approximate surface area is 62.2 Å². The minimum atomic E-state index is 0.583. The Morgan fingerprint density at radius 1 is 1.30 bits per heavy atom. The highest BCUT2D eigenvalue weighted by molar-refractivity contribution is 4.95. The Balaban J connectivity index is 2.90. The van der Waals surface area contributed by atoms with E-state index in [1.807, 2.05) is 6.92 Å². The summed E-state index contributed by atoms with van der Waals surface area (Å²) in [6.07, 6.45) is 1.46. The van der Waals surface area contributed by atoms with Gasteiger partial charge in [0.15, 0.2) is 0 Å². The quantitative estimate of drug-likeness (QED) is 0.460. The summed E-state index contributed by atoms with van der Waals surface area (Å²) in [6.45, 7) is 3.50. The van der Waals surface area contributed by atoms with E-state index < -0.39 is 0 Å². The first kappa shape index (κ1) is 9.01. The average molecular weight is 136 g/mol. The fraction of sp³-hybridized carbons (Fsp3) is 0.625. The van der Waals surface area contributed by atoms with Gasteiger partial charge in [-0.2, -0.15) is 5.26 Å². The topological polar surface area (TPSA) is 35.8 Å². The Kier molecular flexibility index (Phi) is 7.22. The van der Waals surface area contributed by atoms with Crippen molar-refractivity contribution < 1.29 is 0 Å². The van der Waals surface area contributed by atoms with E-state index in [0.717, 1.165) is 19.5 Å². The zero-order valence-electron chi connectivity index (χ0n) is 6.28. The Morgan fingerprint density at radius 3 is 2.60 bits per heavy atom. The summed E-state index contributed by atoms with van der Waals surface area (Å²) < 4.78 is 0. The van der Waals surface area contributed by atoms with E-state index in [2.05, 4.69) is 23.2 Å². The molecule has 0 aromatic heterocycles. The molecule has 54 valence electrons. The molecule has 0 fully saturated rings. The third kappa shape index (κ3) is 7.01. The van der Waals surface area contributed by atoms with Crippen LogP contribution in [0.1, 0.15) is 19.8 Å². The number of hydrogen-bond acceptors (Lipinski definition) is 2. The second-order valence-electron chi connectivity index (χ2n) is 1.83. The SMILES string of the molecule is CC#CCCNCCC#N. The van der Waals surface area contributed by atoms with Crippen molar-refractivity contribution in [2.45, 2.75) is 19.8 Å². The molecule has 0 rings (SSSR count). The molecule has 1 N–H and O–H groups in total. The number of rotatable bonds is 4. The summed E-state index contributed by atoms with van der Waals surface area (Å²) in [7, 11) is 0. The predicted molar refractivity (Wildman–Crippen MR) is 41.2 cm³/mol. The number of hydrogen-bond donors (Lipinski definition) is 1. The Bertz CT molecular complexity index is 156. The van der Waals surface area contributed by atoms with Gasteiger partial charge < -0.3 is 5.32 Å². The summed E-state index contributed by atoms with van der Waals surface area (Å²) in [6, 6.07) is 2.06. The molecule has 0 aromatic rings. The molecule has 0 radical (unpaired) electrons. The van der Waals surface area contributed by atoms with E-state index >= 15 is 0 Å². The highest BCUT2D eigenvalue weighted by Gasteiger charge is 1.82. The third-order valence-electron chi connectivity index (χ3n) is 1.02. The van der Waals surface area contributed by atoms with Crippen molar-refractivity contribution in [3.05, 3.63) is 0 Å². The monoisotopic (exact) mass is 136 g/mol. The van der Waals surface area contributed by atoms with Crippen molar-refractivity contribution >= 4 is 0 Å². The molecular weight excluding hydrogens is 124 g/mol. The molecule has 2 heteroatoms. The van der Waals surface area contributed by atoms with Gasteiger partial charge in [-0.15, -0.1) is 11.8 Å². The maximum atomic E-state index is 8.15. The fourth-order valence-electron chi connectivity index (χ4n) is 0.545. The van der Waals surface area contributed by atoms with Crippen molar-refractivity contribution in [3.8, 4) is 17.9 Å². The van der Waals surface area contributed by atoms with Crippen LogP contribution in [0.5, 0.6) is 0 Å². The van der Waals surface area contributed by atoms with Gasteiger partial charge in [0.2, 0.25) is 0 Å². The van der Waals surface area contributed by atoms with Gasteiger partial charge in [0.05, 0.1) is 6.07 Å². The maximum Gasteiger partial charge on any atom is 0.0635 e. The smallest absolute Gasteiger partial charge is 0.0635 e. The molecule has 0 atom stereocenters. The molecule has 0 aromatic carbocycles. The van der Waals surface area contributed by atoms with Crippen LogP contribution in [-0.4, -0.2) is 13.1 Å². The lowest BCUT2D eigenvalue weighted by molar-refractivity contribution is 0.706. The number of nitrogens with zero attached hydrogens (tertiary/aromatic N) is 1. The van der Waals surface area contributed by atoms with Crippen LogP contribution < -0.4 is 5.32 Å². The lowest BCUT2D eigenvalue weighted by Gasteiger charge is -1.94. The van der Waals surface area contributed by atoms with E-state index in [1.165, 1.54) is 0 Å². The second kappa shape index (κ2) is 8.01. The van der Waals surface area contributed by atoms with Crippen LogP contribution in [0.2, 0.25) is 0 Å². The van der Waals surface area contributed by atoms with E-state index in [0.29, 0.717) is 6.42 Å². The second-order valence-corrected chi connectivity index (χ2v) is 1.83. The lowest BCUT2D eigenvalue weighted by atomic mass is 10.4. The van der Waals surface area contributed by atoms with Crippen LogP contribution in [0.25, 0.3) is 0 Å². The molecular formula is C8H12N2. The number of nitrogens with one attached hydrogen (secondary N) is 1. The van der Waals surface area contributed by atoms with Crippen LogP contribution in [0.3, 0.4) is 0 Å². The molecule has 0 heterocycles. The highest BCUT2D eigenvalue weighted by Crippen LogP contribution is 1.73. The van der Waals surface area contributed by atoms with Gasteiger partial charge in [0.25, 0.3) is 0 Å². The van der Waals surface area contributed by atoms with Crippen molar-refractivity contribution in [2.24, 2.45) is 0 Å². The zero-order valence-corrected chi connectivity index (χ0v) is 6.28. The summed E-state index contributed by atoms with van der Waals surface area (Å²) in [5.74, 6) is 5.73. The molecule has 0 saturated carbocycles. The van der Waals surface area contributed by atoms with Crippen LogP contribution in [0.4, 0.5) is 0 Å². The maximum absolute atomic E-state index is 8.15. The van der Waals surface area contributed by atoms with Crippen LogP contribution >= 0.6 is 0 Å². The normalized spacial score (nSPS) is 7.60. The summed E-state index contributed by atoms with van der Waals surface area (Å²) in [4.78, 5) is 0. The van der Waals surface area contributed by atoms with E-state index in [-0.39, 0.29) is 0 Å². The third-order valence-corrected chi connectivity index (χ3v) is 1.02. The van der Waals surface area contributed by atoms with Gasteiger partial charge in [-0.3, -0.25) is 0 Å². The first-order valence-corrected chi connectivity index (χ1v) is 3.39. The minimum absolute atomic E-state index is 0.583. The molecule has 0 bridgehead atoms. The molecule has 0 spiro atoms. The largest absolute Gasteiger partial charge is 0.315 e. The van der Waals surface area contributed by atoms with Crippen molar-refractivity contribution in [1.29, 1.82) is 5.26 Å². The van der Waals surface area contributed by atoms with Gasteiger partial charge in [-0.25, -0.2) is 0 Å². The van der Waals surface area contributed by atoms with Gasteiger partial charge in [-0.1, -0.05) is 0 Å². The predicted octanol–water partition coefficient (Wildman–Crippen LogP) is 0.903. The lowest BCUT2D eigenvalue weighted by Crippen LogP contribution is -2.15. The summed E-state index contributed by atoms with van der Waals surface area (Å²) in [5.41, 5.74) is 0. The van der Waals surface area contributed by atoms with Crippen molar-refractivity contribution in [2.75, 3.05) is 13.1 Å². The molecule has 0 aliphatic carbocycles. The van der Waals surface area contributed by atoms with Crippen molar-refractivity contribution in [3.63, 3.8) is 0 Å². The number of nitriles is 1. The molecule has 10 heavy (non-hydrogen) atoms. The van der Waals surface area contributed by atoms with Gasteiger partial charge in [-0.05, 0) is 6.92 Å². The summed E-state index contributed by atoms with van der Waals surface area (Å²) >= 11 is 0. The van der Waals surface area contributed by atoms with E-state index in [1.54, 1.807) is 0 Å². The first-order valence-electron chi connectivity index (χ1n) is 3.39. The van der Waals surface area contributed by atoms with Crippen LogP contribution in [-0.2, 0) is 0 Å².